The van der Waals surface area contributed by atoms with E-state index in [1.54, 1.807) is 6.07 Å². The van der Waals surface area contributed by atoms with Gasteiger partial charge in [0.25, 0.3) is 0 Å². The van der Waals surface area contributed by atoms with E-state index in [2.05, 4.69) is 0 Å². The van der Waals surface area contributed by atoms with E-state index in [0.717, 1.165) is 0 Å². The predicted molar refractivity (Wildman–Crippen MR) is 65.1 cm³/mol. The third kappa shape index (κ3) is 4.56. The van der Waals surface area contributed by atoms with E-state index in [0.29, 0.717) is 0 Å². The number of carbonyl (C=O) groups excluding carboxylic acids is 1. The molecular formula is C13H14F3NO3. The zero-order valence-electron chi connectivity index (χ0n) is 10.6. The molecule has 0 heterocycles. The van der Waals surface area contributed by atoms with Crippen LogP contribution in [0.4, 0.5) is 13.2 Å². The quantitative estimate of drug-likeness (QED) is 0.874. The highest BCUT2D eigenvalue weighted by Crippen LogP contribution is 2.37. The van der Waals surface area contributed by atoms with Crippen molar-refractivity contribution in [3.8, 4) is 0 Å². The first-order valence-electron chi connectivity index (χ1n) is 5.85. The number of benzene rings is 1. The van der Waals surface area contributed by atoms with Crippen molar-refractivity contribution in [3.05, 3.63) is 35.9 Å². The minimum atomic E-state index is -4.58. The molecule has 0 saturated heterocycles. The van der Waals surface area contributed by atoms with Gasteiger partial charge in [0.1, 0.15) is 6.04 Å². The molecule has 20 heavy (non-hydrogen) atoms. The lowest BCUT2D eigenvalue weighted by Crippen LogP contribution is -2.40. The Morgan fingerprint density at radius 3 is 2.25 bits per heavy atom. The van der Waals surface area contributed by atoms with Crippen LogP contribution < -0.4 is 5.32 Å². The Balaban J connectivity index is 2.82. The average Bonchev–Trinajstić information content (AvgIpc) is 2.35. The first-order chi connectivity index (χ1) is 9.21. The molecule has 1 aromatic carbocycles. The monoisotopic (exact) mass is 289 g/mol. The summed E-state index contributed by atoms with van der Waals surface area (Å²) in [5.41, 5.74) is -0.0295. The SMILES string of the molecule is C[C@@H](NC(=O)C[C@@H](c1ccccc1)C(F)(F)F)C(=O)O. The molecule has 0 bridgehead atoms. The second-order valence-corrected chi connectivity index (χ2v) is 4.34. The van der Waals surface area contributed by atoms with Gasteiger partial charge in [-0.1, -0.05) is 30.3 Å². The Labute approximate surface area is 113 Å². The van der Waals surface area contributed by atoms with Crippen LogP contribution >= 0.6 is 0 Å². The minimum absolute atomic E-state index is 0.0295. The van der Waals surface area contributed by atoms with Crippen LogP contribution in [0, 0.1) is 0 Å². The second kappa shape index (κ2) is 6.40. The molecule has 110 valence electrons. The van der Waals surface area contributed by atoms with Crippen molar-refractivity contribution in [1.82, 2.24) is 5.32 Å². The molecule has 1 aromatic rings. The third-order valence-corrected chi connectivity index (χ3v) is 2.73. The number of carbonyl (C=O) groups is 2. The number of hydrogen-bond donors (Lipinski definition) is 2. The zero-order chi connectivity index (χ0) is 15.3. The minimum Gasteiger partial charge on any atom is -0.480 e. The highest BCUT2D eigenvalue weighted by molar-refractivity contribution is 5.83. The number of amides is 1. The first-order valence-corrected chi connectivity index (χ1v) is 5.85. The van der Waals surface area contributed by atoms with Crippen molar-refractivity contribution in [2.24, 2.45) is 0 Å². The normalized spacial score (nSPS) is 14.4. The van der Waals surface area contributed by atoms with Crippen molar-refractivity contribution in [2.75, 3.05) is 0 Å². The van der Waals surface area contributed by atoms with Crippen molar-refractivity contribution in [2.45, 2.75) is 31.5 Å². The van der Waals surface area contributed by atoms with Crippen molar-refractivity contribution < 1.29 is 27.9 Å². The summed E-state index contributed by atoms with van der Waals surface area (Å²) in [4.78, 5) is 22.1. The lowest BCUT2D eigenvalue weighted by atomic mass is 9.94. The van der Waals surface area contributed by atoms with E-state index in [1.807, 2.05) is 5.32 Å². The number of hydrogen-bond acceptors (Lipinski definition) is 2. The standard InChI is InChI=1S/C13H14F3NO3/c1-8(12(19)20)17-11(18)7-10(13(14,15)16)9-5-3-2-4-6-9/h2-6,8,10H,7H2,1H3,(H,17,18)(H,19,20)/t8-,10+/m1/s1. The molecule has 7 heteroatoms. The summed E-state index contributed by atoms with van der Waals surface area (Å²) in [5.74, 6) is -4.21. The van der Waals surface area contributed by atoms with Crippen molar-refractivity contribution in [1.29, 1.82) is 0 Å². The number of halogens is 3. The Kier molecular flexibility index (Phi) is 5.12. The van der Waals surface area contributed by atoms with Gasteiger partial charge >= 0.3 is 12.1 Å². The van der Waals surface area contributed by atoms with Gasteiger partial charge in [0.2, 0.25) is 5.91 Å². The van der Waals surface area contributed by atoms with Gasteiger partial charge in [0.05, 0.1) is 5.92 Å². The van der Waals surface area contributed by atoms with Gasteiger partial charge in [0, 0.05) is 6.42 Å². The fraction of sp³-hybridized carbons (Fsp3) is 0.385. The van der Waals surface area contributed by atoms with E-state index in [9.17, 15) is 22.8 Å². The Morgan fingerprint density at radius 1 is 1.25 bits per heavy atom. The Morgan fingerprint density at radius 2 is 1.80 bits per heavy atom. The molecule has 0 spiro atoms. The molecule has 0 unspecified atom stereocenters. The van der Waals surface area contributed by atoms with Crippen LogP contribution in [0.15, 0.2) is 30.3 Å². The topological polar surface area (TPSA) is 66.4 Å². The van der Waals surface area contributed by atoms with Gasteiger partial charge in [-0.2, -0.15) is 13.2 Å². The molecule has 4 nitrogen and oxygen atoms in total. The Bertz CT molecular complexity index is 473. The van der Waals surface area contributed by atoms with Crippen LogP contribution in [0.2, 0.25) is 0 Å². The third-order valence-electron chi connectivity index (χ3n) is 2.73. The summed E-state index contributed by atoms with van der Waals surface area (Å²) in [6, 6.07) is 5.81. The summed E-state index contributed by atoms with van der Waals surface area (Å²) in [5, 5.41) is 10.6. The molecule has 1 rings (SSSR count). The van der Waals surface area contributed by atoms with Crippen LogP contribution in [-0.2, 0) is 9.59 Å². The van der Waals surface area contributed by atoms with E-state index < -0.39 is 36.4 Å². The summed E-state index contributed by atoms with van der Waals surface area (Å²) in [7, 11) is 0. The highest BCUT2D eigenvalue weighted by Gasteiger charge is 2.42. The second-order valence-electron chi connectivity index (χ2n) is 4.34. The molecule has 0 aliphatic heterocycles. The summed E-state index contributed by atoms with van der Waals surface area (Å²) in [6.45, 7) is 1.19. The van der Waals surface area contributed by atoms with Crippen LogP contribution in [0.1, 0.15) is 24.8 Å². The van der Waals surface area contributed by atoms with Gasteiger partial charge in [-0.25, -0.2) is 0 Å². The van der Waals surface area contributed by atoms with Crippen LogP contribution in [0.5, 0.6) is 0 Å². The molecule has 0 aliphatic rings. The van der Waals surface area contributed by atoms with Gasteiger partial charge < -0.3 is 10.4 Å². The molecule has 1 amide bonds. The van der Waals surface area contributed by atoms with Crippen molar-refractivity contribution in [3.63, 3.8) is 0 Å². The maximum absolute atomic E-state index is 13.0. The molecular weight excluding hydrogens is 275 g/mol. The average molecular weight is 289 g/mol. The molecule has 0 saturated carbocycles. The van der Waals surface area contributed by atoms with Crippen LogP contribution in [-0.4, -0.2) is 29.2 Å². The lowest BCUT2D eigenvalue weighted by Gasteiger charge is -2.21. The van der Waals surface area contributed by atoms with Crippen LogP contribution in [0.3, 0.4) is 0 Å². The number of carboxylic acid groups (broad SMARTS) is 1. The molecule has 2 N–H and O–H groups in total. The highest BCUT2D eigenvalue weighted by atomic mass is 19.4. The Hall–Kier alpha value is -2.05. The van der Waals surface area contributed by atoms with Gasteiger partial charge in [-0.3, -0.25) is 9.59 Å². The number of carboxylic acids is 1. The van der Waals surface area contributed by atoms with Gasteiger partial charge in [-0.05, 0) is 12.5 Å². The molecule has 0 fully saturated rings. The zero-order valence-corrected chi connectivity index (χ0v) is 10.6. The maximum atomic E-state index is 13.0. The van der Waals surface area contributed by atoms with E-state index >= 15 is 0 Å². The lowest BCUT2D eigenvalue weighted by molar-refractivity contribution is -0.157. The van der Waals surface area contributed by atoms with Gasteiger partial charge in [-0.15, -0.1) is 0 Å². The molecule has 2 atom stereocenters. The van der Waals surface area contributed by atoms with Crippen LogP contribution in [0.25, 0.3) is 0 Å². The van der Waals surface area contributed by atoms with Crippen molar-refractivity contribution >= 4 is 11.9 Å². The predicted octanol–water partition coefficient (Wildman–Crippen LogP) is 2.31. The van der Waals surface area contributed by atoms with Gasteiger partial charge in [0.15, 0.2) is 0 Å². The molecule has 0 radical (unpaired) electrons. The first kappa shape index (κ1) is 16.0. The van der Waals surface area contributed by atoms with E-state index in [4.69, 9.17) is 5.11 Å². The number of alkyl halides is 3. The fourth-order valence-corrected chi connectivity index (χ4v) is 1.66. The molecule has 0 aromatic heterocycles. The smallest absolute Gasteiger partial charge is 0.396 e. The summed E-state index contributed by atoms with van der Waals surface area (Å²) >= 11 is 0. The number of aliphatic carboxylic acids is 1. The van der Waals surface area contributed by atoms with E-state index in [1.165, 1.54) is 31.2 Å². The fourth-order valence-electron chi connectivity index (χ4n) is 1.66. The molecule has 0 aliphatic carbocycles. The largest absolute Gasteiger partial charge is 0.480 e. The number of nitrogens with one attached hydrogen (secondary N) is 1. The number of rotatable bonds is 5. The van der Waals surface area contributed by atoms with E-state index in [-0.39, 0.29) is 5.56 Å². The summed E-state index contributed by atoms with van der Waals surface area (Å²) < 4.78 is 38.9. The summed E-state index contributed by atoms with van der Waals surface area (Å²) in [6.07, 6.45) is -5.42. The maximum Gasteiger partial charge on any atom is 0.396 e.